The second-order valence-electron chi connectivity index (χ2n) is 4.60. The smallest absolute Gasteiger partial charge is 0.337 e. The van der Waals surface area contributed by atoms with Gasteiger partial charge in [-0.05, 0) is 31.0 Å². The Labute approximate surface area is 113 Å². The van der Waals surface area contributed by atoms with Crippen molar-refractivity contribution in [3.8, 4) is 0 Å². The Morgan fingerprint density at radius 2 is 2.42 bits per heavy atom. The molecule has 2 rings (SSSR count). The van der Waals surface area contributed by atoms with Gasteiger partial charge in [0.05, 0.1) is 19.2 Å². The number of rotatable bonds is 4. The van der Waals surface area contributed by atoms with Crippen molar-refractivity contribution in [3.05, 3.63) is 35.4 Å². The maximum Gasteiger partial charge on any atom is 0.337 e. The van der Waals surface area contributed by atoms with E-state index in [1.54, 1.807) is 6.07 Å². The monoisotopic (exact) mass is 261 g/mol. The van der Waals surface area contributed by atoms with Crippen molar-refractivity contribution in [1.82, 2.24) is 10.6 Å². The number of hydrogen-bond acceptors (Lipinski definition) is 5. The van der Waals surface area contributed by atoms with E-state index in [2.05, 4.69) is 22.5 Å². The van der Waals surface area contributed by atoms with Crippen molar-refractivity contribution >= 4 is 11.9 Å². The van der Waals surface area contributed by atoms with Crippen LogP contribution in [0.4, 0.5) is 0 Å². The van der Waals surface area contributed by atoms with Crippen LogP contribution >= 0.6 is 0 Å². The molecule has 0 bridgehead atoms. The van der Waals surface area contributed by atoms with Gasteiger partial charge in [0.2, 0.25) is 0 Å². The molecule has 1 aromatic rings. The summed E-state index contributed by atoms with van der Waals surface area (Å²) in [7, 11) is 1.39. The molecule has 5 heteroatoms. The molecule has 0 amide bonds. The first-order valence-corrected chi connectivity index (χ1v) is 6.41. The van der Waals surface area contributed by atoms with E-state index in [0.29, 0.717) is 11.6 Å². The van der Waals surface area contributed by atoms with Crippen LogP contribution < -0.4 is 10.6 Å². The van der Waals surface area contributed by atoms with Gasteiger partial charge < -0.3 is 15.4 Å². The minimum atomic E-state index is -0.300. The lowest BCUT2D eigenvalue weighted by atomic mass is 10.1. The van der Waals surface area contributed by atoms with E-state index in [-0.39, 0.29) is 5.97 Å². The molecular formula is C14H19N3O2. The summed E-state index contributed by atoms with van der Waals surface area (Å²) in [5.41, 5.74) is 1.69. The molecule has 0 aliphatic carbocycles. The molecular weight excluding hydrogens is 242 g/mol. The Morgan fingerprint density at radius 1 is 1.58 bits per heavy atom. The first-order valence-electron chi connectivity index (χ1n) is 6.41. The number of nitrogens with zero attached hydrogens (tertiary/aromatic N) is 1. The molecule has 1 unspecified atom stereocenters. The van der Waals surface area contributed by atoms with Gasteiger partial charge in [0, 0.05) is 12.6 Å². The minimum Gasteiger partial charge on any atom is -0.465 e. The van der Waals surface area contributed by atoms with E-state index < -0.39 is 0 Å². The number of nitrogens with one attached hydrogen (secondary N) is 2. The average molecular weight is 261 g/mol. The van der Waals surface area contributed by atoms with Gasteiger partial charge in [-0.1, -0.05) is 12.1 Å². The largest absolute Gasteiger partial charge is 0.465 e. The summed E-state index contributed by atoms with van der Waals surface area (Å²) < 4.78 is 4.71. The number of hydrogen-bond donors (Lipinski definition) is 2. The summed E-state index contributed by atoms with van der Waals surface area (Å²) in [6.07, 6.45) is 0.833. The maximum atomic E-state index is 11.4. The molecule has 102 valence electrons. The van der Waals surface area contributed by atoms with Crippen LogP contribution in [-0.4, -0.2) is 38.2 Å². The number of esters is 1. The number of carbonyl (C=O) groups excluding carboxylic acids is 1. The van der Waals surface area contributed by atoms with Crippen molar-refractivity contribution in [2.75, 3.05) is 20.2 Å². The second kappa shape index (κ2) is 6.22. The Morgan fingerprint density at radius 3 is 3.11 bits per heavy atom. The molecule has 1 aromatic carbocycles. The summed E-state index contributed by atoms with van der Waals surface area (Å²) >= 11 is 0. The summed E-state index contributed by atoms with van der Waals surface area (Å²) in [5, 5.41) is 6.49. The normalized spacial score (nSPS) is 17.6. The number of methoxy groups -OCH3 is 1. The van der Waals surface area contributed by atoms with Gasteiger partial charge >= 0.3 is 5.97 Å². The summed E-state index contributed by atoms with van der Waals surface area (Å²) in [6, 6.07) is 7.90. The van der Waals surface area contributed by atoms with Gasteiger partial charge in [-0.25, -0.2) is 4.79 Å². The SMILES string of the molecule is COC(=O)c1cccc(CCNC2=NCC(C)N2)c1. The maximum absolute atomic E-state index is 11.4. The average Bonchev–Trinajstić information content (AvgIpc) is 2.84. The topological polar surface area (TPSA) is 62.7 Å². The highest BCUT2D eigenvalue weighted by molar-refractivity contribution is 5.89. The Bertz CT molecular complexity index is 485. The van der Waals surface area contributed by atoms with Crippen LogP contribution in [0.15, 0.2) is 29.3 Å². The Hall–Kier alpha value is -2.04. The van der Waals surface area contributed by atoms with Gasteiger partial charge in [0.15, 0.2) is 5.96 Å². The van der Waals surface area contributed by atoms with Gasteiger partial charge in [-0.15, -0.1) is 0 Å². The fourth-order valence-corrected chi connectivity index (χ4v) is 1.96. The van der Waals surface area contributed by atoms with E-state index in [1.165, 1.54) is 7.11 Å². The summed E-state index contributed by atoms with van der Waals surface area (Å²) in [4.78, 5) is 15.7. The lowest BCUT2D eigenvalue weighted by Gasteiger charge is -2.09. The highest BCUT2D eigenvalue weighted by atomic mass is 16.5. The van der Waals surface area contributed by atoms with Gasteiger partial charge in [-0.3, -0.25) is 4.99 Å². The summed E-state index contributed by atoms with van der Waals surface area (Å²) in [5.74, 6) is 0.557. The standard InChI is InChI=1S/C14H19N3O2/c1-10-9-16-14(17-10)15-7-6-11-4-3-5-12(8-11)13(18)19-2/h3-5,8,10H,6-7,9H2,1-2H3,(H2,15,16,17). The molecule has 19 heavy (non-hydrogen) atoms. The first-order chi connectivity index (χ1) is 9.19. The van der Waals surface area contributed by atoms with E-state index in [0.717, 1.165) is 31.0 Å². The van der Waals surface area contributed by atoms with Crippen LogP contribution in [0.3, 0.4) is 0 Å². The highest BCUT2D eigenvalue weighted by Crippen LogP contribution is 2.07. The zero-order chi connectivity index (χ0) is 13.7. The third-order valence-corrected chi connectivity index (χ3v) is 2.96. The van der Waals surface area contributed by atoms with E-state index in [4.69, 9.17) is 4.74 Å². The van der Waals surface area contributed by atoms with Crippen LogP contribution in [0.2, 0.25) is 0 Å². The molecule has 0 saturated heterocycles. The van der Waals surface area contributed by atoms with Gasteiger partial charge in [0.25, 0.3) is 0 Å². The lowest BCUT2D eigenvalue weighted by molar-refractivity contribution is 0.0600. The van der Waals surface area contributed by atoms with Crippen molar-refractivity contribution in [2.45, 2.75) is 19.4 Å². The van der Waals surface area contributed by atoms with Crippen molar-refractivity contribution in [2.24, 2.45) is 4.99 Å². The van der Waals surface area contributed by atoms with Crippen LogP contribution in [0.1, 0.15) is 22.8 Å². The Kier molecular flexibility index (Phi) is 4.39. The number of benzene rings is 1. The first kappa shape index (κ1) is 13.4. The number of aliphatic imine (C=N–C) groups is 1. The van der Waals surface area contributed by atoms with Crippen LogP contribution in [0.5, 0.6) is 0 Å². The number of ether oxygens (including phenoxy) is 1. The van der Waals surface area contributed by atoms with E-state index in [9.17, 15) is 4.79 Å². The molecule has 1 aliphatic rings. The lowest BCUT2D eigenvalue weighted by Crippen LogP contribution is -2.38. The van der Waals surface area contributed by atoms with Gasteiger partial charge in [-0.2, -0.15) is 0 Å². The van der Waals surface area contributed by atoms with Crippen molar-refractivity contribution < 1.29 is 9.53 Å². The molecule has 5 nitrogen and oxygen atoms in total. The number of carbonyl (C=O) groups is 1. The number of guanidine groups is 1. The fraction of sp³-hybridized carbons (Fsp3) is 0.429. The molecule has 1 aliphatic heterocycles. The van der Waals surface area contributed by atoms with Crippen molar-refractivity contribution in [3.63, 3.8) is 0 Å². The third-order valence-electron chi connectivity index (χ3n) is 2.96. The van der Waals surface area contributed by atoms with Crippen molar-refractivity contribution in [1.29, 1.82) is 0 Å². The quantitative estimate of drug-likeness (QED) is 0.792. The summed E-state index contributed by atoms with van der Waals surface area (Å²) in [6.45, 7) is 3.70. The molecule has 0 fully saturated rings. The van der Waals surface area contributed by atoms with E-state index in [1.807, 2.05) is 18.2 Å². The predicted molar refractivity (Wildman–Crippen MR) is 74.4 cm³/mol. The Balaban J connectivity index is 1.84. The fourth-order valence-electron chi connectivity index (χ4n) is 1.96. The molecule has 2 N–H and O–H groups in total. The molecule has 1 atom stereocenters. The highest BCUT2D eigenvalue weighted by Gasteiger charge is 2.11. The third kappa shape index (κ3) is 3.71. The van der Waals surface area contributed by atoms with Crippen LogP contribution in [-0.2, 0) is 11.2 Å². The minimum absolute atomic E-state index is 0.300. The zero-order valence-corrected chi connectivity index (χ0v) is 11.3. The molecule has 0 radical (unpaired) electrons. The predicted octanol–water partition coefficient (Wildman–Crippen LogP) is 0.953. The zero-order valence-electron chi connectivity index (χ0n) is 11.3. The van der Waals surface area contributed by atoms with Crippen LogP contribution in [0, 0.1) is 0 Å². The molecule has 0 spiro atoms. The van der Waals surface area contributed by atoms with E-state index >= 15 is 0 Å². The second-order valence-corrected chi connectivity index (χ2v) is 4.60. The molecule has 0 aromatic heterocycles. The van der Waals surface area contributed by atoms with Crippen LogP contribution in [0.25, 0.3) is 0 Å². The van der Waals surface area contributed by atoms with Gasteiger partial charge in [0.1, 0.15) is 0 Å². The molecule has 0 saturated carbocycles. The molecule has 1 heterocycles.